The number of carboxylic acids is 1. The van der Waals surface area contributed by atoms with Gasteiger partial charge in [-0.25, -0.2) is 17.6 Å². The Hall–Kier alpha value is -2.13. The van der Waals surface area contributed by atoms with E-state index in [-0.39, 0.29) is 5.69 Å². The van der Waals surface area contributed by atoms with Crippen LogP contribution in [0.2, 0.25) is 5.02 Å². The molecule has 0 fully saturated rings. The van der Waals surface area contributed by atoms with Gasteiger partial charge in [-0.3, -0.25) is 9.40 Å². The maximum absolute atomic E-state index is 13.5. The van der Waals surface area contributed by atoms with Crippen molar-refractivity contribution >= 4 is 33.3 Å². The second-order valence-electron chi connectivity index (χ2n) is 4.26. The lowest BCUT2D eigenvalue weighted by molar-refractivity contribution is 0.0691. The number of rotatable bonds is 5. The maximum Gasteiger partial charge on any atom is 0.338 e. The number of anilines is 1. The van der Waals surface area contributed by atoms with Crippen molar-refractivity contribution in [3.8, 4) is 0 Å². The lowest BCUT2D eigenvalue weighted by Crippen LogP contribution is -2.15. The molecule has 0 unspecified atom stereocenters. The summed E-state index contributed by atoms with van der Waals surface area (Å²) in [7, 11) is -4.18. The van der Waals surface area contributed by atoms with Crippen LogP contribution in [0.5, 0.6) is 0 Å². The molecule has 1 aromatic heterocycles. The number of carboxylic acid groups (broad SMARTS) is 1. The molecule has 0 saturated carbocycles. The van der Waals surface area contributed by atoms with Crippen molar-refractivity contribution in [2.24, 2.45) is 0 Å². The Morgan fingerprint density at radius 1 is 1.50 bits per heavy atom. The molecule has 0 aliphatic heterocycles. The molecule has 0 amide bonds. The summed E-state index contributed by atoms with van der Waals surface area (Å²) in [5, 5.41) is 12.3. The molecule has 0 radical (unpaired) electrons. The monoisotopic (exact) mass is 347 g/mol. The predicted molar refractivity (Wildman–Crippen MR) is 77.1 cm³/mol. The summed E-state index contributed by atoms with van der Waals surface area (Å²) in [5.74, 6) is -2.71. The van der Waals surface area contributed by atoms with Gasteiger partial charge in [0.1, 0.15) is 10.7 Å². The van der Waals surface area contributed by atoms with Gasteiger partial charge in [-0.05, 0) is 19.1 Å². The molecule has 1 aromatic carbocycles. The largest absolute Gasteiger partial charge is 0.478 e. The van der Waals surface area contributed by atoms with E-state index >= 15 is 0 Å². The lowest BCUT2D eigenvalue weighted by Gasteiger charge is -2.09. The minimum Gasteiger partial charge on any atom is -0.478 e. The molecule has 0 atom stereocenters. The second-order valence-corrected chi connectivity index (χ2v) is 6.32. The van der Waals surface area contributed by atoms with Crippen LogP contribution in [0.3, 0.4) is 0 Å². The van der Waals surface area contributed by atoms with E-state index in [4.69, 9.17) is 16.7 Å². The van der Waals surface area contributed by atoms with E-state index < -0.39 is 37.3 Å². The molecule has 2 aromatic rings. The van der Waals surface area contributed by atoms with Crippen molar-refractivity contribution in [1.29, 1.82) is 0 Å². The number of sulfonamides is 1. The summed E-state index contributed by atoms with van der Waals surface area (Å²) in [5.41, 5.74) is -0.604. The highest BCUT2D eigenvalue weighted by Gasteiger charge is 2.23. The SMILES string of the molecule is CCn1cc(NS(=O)(=O)c2cc(C(=O)O)c(F)cc2Cl)cn1. The van der Waals surface area contributed by atoms with E-state index in [0.717, 1.165) is 0 Å². The first-order valence-corrected chi connectivity index (χ1v) is 7.88. The topological polar surface area (TPSA) is 101 Å². The highest BCUT2D eigenvalue weighted by molar-refractivity contribution is 7.92. The summed E-state index contributed by atoms with van der Waals surface area (Å²) in [6.45, 7) is 2.36. The van der Waals surface area contributed by atoms with Gasteiger partial charge in [0.05, 0.1) is 22.5 Å². The van der Waals surface area contributed by atoms with Crippen molar-refractivity contribution in [1.82, 2.24) is 9.78 Å². The Labute approximate surface area is 130 Å². The molecule has 10 heteroatoms. The van der Waals surface area contributed by atoms with Crippen LogP contribution in [0, 0.1) is 5.82 Å². The number of aromatic carboxylic acids is 1. The molecule has 1 heterocycles. The molecule has 0 aliphatic rings. The Morgan fingerprint density at radius 2 is 2.18 bits per heavy atom. The van der Waals surface area contributed by atoms with Crippen LogP contribution in [-0.2, 0) is 16.6 Å². The minimum atomic E-state index is -4.18. The van der Waals surface area contributed by atoms with Gasteiger partial charge in [-0.1, -0.05) is 11.6 Å². The number of benzene rings is 1. The third-order valence-corrected chi connectivity index (χ3v) is 4.60. The number of halogens is 2. The maximum atomic E-state index is 13.5. The number of nitrogens with zero attached hydrogens (tertiary/aromatic N) is 2. The summed E-state index contributed by atoms with van der Waals surface area (Å²) in [4.78, 5) is 10.4. The zero-order valence-electron chi connectivity index (χ0n) is 11.2. The minimum absolute atomic E-state index is 0.180. The Bertz CT molecular complexity index is 835. The highest BCUT2D eigenvalue weighted by Crippen LogP contribution is 2.27. The van der Waals surface area contributed by atoms with Crippen LogP contribution in [0.1, 0.15) is 17.3 Å². The van der Waals surface area contributed by atoms with Gasteiger partial charge in [0, 0.05) is 12.7 Å². The van der Waals surface area contributed by atoms with Crippen molar-refractivity contribution in [3.05, 3.63) is 40.9 Å². The highest BCUT2D eigenvalue weighted by atomic mass is 35.5. The summed E-state index contributed by atoms with van der Waals surface area (Å²) in [6, 6.07) is 1.32. The van der Waals surface area contributed by atoms with Crippen LogP contribution in [-0.4, -0.2) is 29.3 Å². The van der Waals surface area contributed by atoms with Gasteiger partial charge in [0.15, 0.2) is 0 Å². The van der Waals surface area contributed by atoms with Gasteiger partial charge in [0.2, 0.25) is 0 Å². The third-order valence-electron chi connectivity index (χ3n) is 2.75. The number of carbonyl (C=O) groups is 1. The van der Waals surface area contributed by atoms with E-state index in [1.807, 2.05) is 6.92 Å². The van der Waals surface area contributed by atoms with E-state index in [2.05, 4.69) is 9.82 Å². The Morgan fingerprint density at radius 3 is 2.73 bits per heavy atom. The summed E-state index contributed by atoms with van der Waals surface area (Å²) < 4.78 is 41.7. The molecule has 22 heavy (non-hydrogen) atoms. The second kappa shape index (κ2) is 5.93. The van der Waals surface area contributed by atoms with E-state index in [1.54, 1.807) is 0 Å². The average Bonchev–Trinajstić information content (AvgIpc) is 2.84. The number of hydrogen-bond donors (Lipinski definition) is 2. The quantitative estimate of drug-likeness (QED) is 0.863. The van der Waals surface area contributed by atoms with E-state index in [1.165, 1.54) is 17.1 Å². The van der Waals surface area contributed by atoms with Crippen LogP contribution in [0.4, 0.5) is 10.1 Å². The zero-order valence-corrected chi connectivity index (χ0v) is 12.8. The molecule has 2 N–H and O–H groups in total. The van der Waals surface area contributed by atoms with E-state index in [0.29, 0.717) is 18.7 Å². The summed E-state index contributed by atoms with van der Waals surface area (Å²) >= 11 is 5.72. The van der Waals surface area contributed by atoms with Crippen LogP contribution < -0.4 is 4.72 Å². The average molecular weight is 348 g/mol. The summed E-state index contributed by atoms with van der Waals surface area (Å²) in [6.07, 6.45) is 2.74. The third kappa shape index (κ3) is 3.20. The molecule has 0 spiro atoms. The molecule has 0 aliphatic carbocycles. The van der Waals surface area contributed by atoms with Crippen LogP contribution >= 0.6 is 11.6 Å². The normalized spacial score (nSPS) is 11.4. The lowest BCUT2D eigenvalue weighted by atomic mass is 10.2. The fourth-order valence-corrected chi connectivity index (χ4v) is 3.27. The van der Waals surface area contributed by atoms with Gasteiger partial charge < -0.3 is 5.11 Å². The molecular formula is C12H11ClFN3O4S. The van der Waals surface area contributed by atoms with Crippen molar-refractivity contribution in [2.45, 2.75) is 18.4 Å². The van der Waals surface area contributed by atoms with Crippen molar-refractivity contribution in [3.63, 3.8) is 0 Å². The Kier molecular flexibility index (Phi) is 4.38. The van der Waals surface area contributed by atoms with Gasteiger partial charge in [-0.2, -0.15) is 5.10 Å². The number of aryl methyl sites for hydroxylation is 1. The zero-order chi connectivity index (χ0) is 16.5. The van der Waals surface area contributed by atoms with Crippen molar-refractivity contribution < 1.29 is 22.7 Å². The first-order valence-electron chi connectivity index (χ1n) is 6.02. The van der Waals surface area contributed by atoms with Crippen molar-refractivity contribution in [2.75, 3.05) is 4.72 Å². The fraction of sp³-hybridized carbons (Fsp3) is 0.167. The number of nitrogens with one attached hydrogen (secondary N) is 1. The van der Waals surface area contributed by atoms with Crippen LogP contribution in [0.15, 0.2) is 29.4 Å². The van der Waals surface area contributed by atoms with Gasteiger partial charge in [-0.15, -0.1) is 0 Å². The van der Waals surface area contributed by atoms with Gasteiger partial charge in [0.25, 0.3) is 10.0 Å². The molecule has 0 saturated heterocycles. The van der Waals surface area contributed by atoms with Gasteiger partial charge >= 0.3 is 5.97 Å². The first-order chi connectivity index (χ1) is 10.2. The molecule has 0 bridgehead atoms. The predicted octanol–water partition coefficient (Wildman–Crippen LogP) is 2.19. The van der Waals surface area contributed by atoms with E-state index in [9.17, 15) is 17.6 Å². The number of hydrogen-bond acceptors (Lipinski definition) is 4. The standard InChI is InChI=1S/C12H11ClFN3O4S/c1-2-17-6-7(5-15-17)16-22(20,21)11-3-8(12(18)19)10(14)4-9(11)13/h3-6,16H,2H2,1H3,(H,18,19). The molecule has 118 valence electrons. The molecule has 2 rings (SSSR count). The first kappa shape index (κ1) is 16.2. The molecule has 7 nitrogen and oxygen atoms in total. The number of aromatic nitrogens is 2. The fourth-order valence-electron chi connectivity index (χ4n) is 1.70. The smallest absolute Gasteiger partial charge is 0.338 e. The van der Waals surface area contributed by atoms with Crippen LogP contribution in [0.25, 0.3) is 0 Å². The molecular weight excluding hydrogens is 337 g/mol. The Balaban J connectivity index is 2.44.